The van der Waals surface area contributed by atoms with Crippen molar-refractivity contribution in [1.29, 1.82) is 0 Å². The number of rotatable bonds is 5. The predicted molar refractivity (Wildman–Crippen MR) is 72.8 cm³/mol. The first-order valence-corrected chi connectivity index (χ1v) is 6.74. The number of hydrogen-bond acceptors (Lipinski definition) is 4. The van der Waals surface area contributed by atoms with Gasteiger partial charge < -0.3 is 15.4 Å². The molecule has 0 aliphatic carbocycles. The van der Waals surface area contributed by atoms with E-state index in [0.717, 1.165) is 31.5 Å². The molecule has 1 fully saturated rings. The van der Waals surface area contributed by atoms with Gasteiger partial charge in [-0.05, 0) is 43.5 Å². The van der Waals surface area contributed by atoms with E-state index in [0.29, 0.717) is 24.8 Å². The second kappa shape index (κ2) is 7.09. The number of hydrogen-bond donors (Lipinski definition) is 2. The van der Waals surface area contributed by atoms with Crippen molar-refractivity contribution in [1.82, 2.24) is 15.6 Å². The van der Waals surface area contributed by atoms with Crippen molar-refractivity contribution in [3.05, 3.63) is 23.9 Å². The topological polar surface area (TPSA) is 63.2 Å². The first-order chi connectivity index (χ1) is 9.28. The lowest BCUT2D eigenvalue weighted by atomic mass is 9.94. The highest BCUT2D eigenvalue weighted by atomic mass is 16.5. The Hall–Kier alpha value is -1.62. The fourth-order valence-corrected chi connectivity index (χ4v) is 2.29. The van der Waals surface area contributed by atoms with Gasteiger partial charge in [0.15, 0.2) is 0 Å². The van der Waals surface area contributed by atoms with E-state index >= 15 is 0 Å². The lowest BCUT2D eigenvalue weighted by Crippen LogP contribution is -2.32. The monoisotopic (exact) mass is 263 g/mol. The molecule has 0 aromatic carbocycles. The summed E-state index contributed by atoms with van der Waals surface area (Å²) in [5.41, 5.74) is 1.01. The molecule has 0 spiro atoms. The highest BCUT2D eigenvalue weighted by molar-refractivity contribution is 5.76. The molecule has 0 bridgehead atoms. The minimum absolute atomic E-state index is 0.127. The number of nitrogens with one attached hydrogen (secondary N) is 2. The summed E-state index contributed by atoms with van der Waals surface area (Å²) in [7, 11) is 1.59. The van der Waals surface area contributed by atoms with Crippen molar-refractivity contribution in [2.45, 2.75) is 25.8 Å². The predicted octanol–water partition coefficient (Wildman–Crippen LogP) is 1.10. The van der Waals surface area contributed by atoms with Crippen LogP contribution in [0.25, 0.3) is 0 Å². The molecular weight excluding hydrogens is 242 g/mol. The van der Waals surface area contributed by atoms with Crippen molar-refractivity contribution in [3.63, 3.8) is 0 Å². The number of amides is 1. The Kier molecular flexibility index (Phi) is 5.15. The van der Waals surface area contributed by atoms with E-state index in [-0.39, 0.29) is 5.91 Å². The number of pyridine rings is 1. The molecule has 5 nitrogen and oxygen atoms in total. The maximum Gasteiger partial charge on any atom is 0.220 e. The van der Waals surface area contributed by atoms with Crippen LogP contribution in [0.4, 0.5) is 0 Å². The molecular formula is C14H21N3O2. The van der Waals surface area contributed by atoms with Gasteiger partial charge in [-0.3, -0.25) is 4.79 Å². The lowest BCUT2D eigenvalue weighted by molar-refractivity contribution is -0.122. The Morgan fingerprint density at radius 3 is 3.05 bits per heavy atom. The Labute approximate surface area is 113 Å². The number of ether oxygens (including phenoxy) is 1. The molecule has 0 unspecified atom stereocenters. The van der Waals surface area contributed by atoms with E-state index in [1.165, 1.54) is 0 Å². The number of aromatic nitrogens is 1. The molecule has 2 N–H and O–H groups in total. The van der Waals surface area contributed by atoms with Crippen molar-refractivity contribution in [2.75, 3.05) is 20.2 Å². The van der Waals surface area contributed by atoms with Gasteiger partial charge in [-0.1, -0.05) is 0 Å². The van der Waals surface area contributed by atoms with E-state index in [9.17, 15) is 4.79 Å². The van der Waals surface area contributed by atoms with Crippen LogP contribution in [0.3, 0.4) is 0 Å². The van der Waals surface area contributed by atoms with Gasteiger partial charge in [-0.2, -0.15) is 0 Å². The average Bonchev–Trinajstić information content (AvgIpc) is 2.46. The molecule has 2 heterocycles. The highest BCUT2D eigenvalue weighted by Crippen LogP contribution is 2.15. The molecule has 1 aliphatic rings. The minimum Gasteiger partial charge on any atom is -0.481 e. The molecule has 1 aliphatic heterocycles. The van der Waals surface area contributed by atoms with Crippen molar-refractivity contribution < 1.29 is 9.53 Å². The van der Waals surface area contributed by atoms with E-state index < -0.39 is 0 Å². The van der Waals surface area contributed by atoms with Gasteiger partial charge in [0.05, 0.1) is 7.11 Å². The van der Waals surface area contributed by atoms with Crippen LogP contribution in [0.2, 0.25) is 0 Å². The van der Waals surface area contributed by atoms with Crippen molar-refractivity contribution in [2.24, 2.45) is 5.92 Å². The Balaban J connectivity index is 1.76. The molecule has 0 atom stereocenters. The van der Waals surface area contributed by atoms with Gasteiger partial charge in [0.2, 0.25) is 11.8 Å². The molecule has 1 saturated heterocycles. The van der Waals surface area contributed by atoms with Crippen LogP contribution in [0.5, 0.6) is 5.88 Å². The molecule has 104 valence electrons. The third kappa shape index (κ3) is 4.52. The minimum atomic E-state index is 0.127. The summed E-state index contributed by atoms with van der Waals surface area (Å²) in [6.07, 6.45) is 4.50. The zero-order chi connectivity index (χ0) is 13.5. The first kappa shape index (κ1) is 13.8. The largest absolute Gasteiger partial charge is 0.481 e. The second-order valence-electron chi connectivity index (χ2n) is 4.88. The molecule has 0 saturated carbocycles. The Morgan fingerprint density at radius 2 is 2.32 bits per heavy atom. The van der Waals surface area contributed by atoms with Crippen LogP contribution >= 0.6 is 0 Å². The van der Waals surface area contributed by atoms with E-state index in [4.69, 9.17) is 4.74 Å². The smallest absolute Gasteiger partial charge is 0.220 e. The SMILES string of the molecule is COc1cc(CNC(=O)CC2CCNCC2)ccn1. The third-order valence-electron chi connectivity index (χ3n) is 3.43. The summed E-state index contributed by atoms with van der Waals surface area (Å²) in [6.45, 7) is 2.59. The Morgan fingerprint density at radius 1 is 1.53 bits per heavy atom. The lowest BCUT2D eigenvalue weighted by Gasteiger charge is -2.21. The third-order valence-corrected chi connectivity index (χ3v) is 3.43. The second-order valence-corrected chi connectivity index (χ2v) is 4.88. The van der Waals surface area contributed by atoms with Crippen LogP contribution in [-0.2, 0) is 11.3 Å². The summed E-state index contributed by atoms with van der Waals surface area (Å²) >= 11 is 0. The van der Waals surface area contributed by atoms with Gasteiger partial charge in [-0.15, -0.1) is 0 Å². The average molecular weight is 263 g/mol. The number of nitrogens with zero attached hydrogens (tertiary/aromatic N) is 1. The Bertz CT molecular complexity index is 417. The maximum absolute atomic E-state index is 11.9. The normalized spacial score (nSPS) is 16.1. The molecule has 5 heteroatoms. The summed E-state index contributed by atoms with van der Waals surface area (Å²) in [5.74, 6) is 1.22. The molecule has 19 heavy (non-hydrogen) atoms. The van der Waals surface area contributed by atoms with Gasteiger partial charge in [-0.25, -0.2) is 4.98 Å². The number of carbonyl (C=O) groups excluding carboxylic acids is 1. The summed E-state index contributed by atoms with van der Waals surface area (Å²) in [6, 6.07) is 3.72. The van der Waals surface area contributed by atoms with Crippen molar-refractivity contribution >= 4 is 5.91 Å². The maximum atomic E-state index is 11.9. The first-order valence-electron chi connectivity index (χ1n) is 6.74. The van der Waals surface area contributed by atoms with Crippen LogP contribution in [-0.4, -0.2) is 31.1 Å². The van der Waals surface area contributed by atoms with Crippen LogP contribution in [0, 0.1) is 5.92 Å². The summed E-state index contributed by atoms with van der Waals surface area (Å²) < 4.78 is 5.05. The van der Waals surface area contributed by atoms with E-state index in [2.05, 4.69) is 15.6 Å². The molecule has 1 aromatic heterocycles. The molecule has 0 radical (unpaired) electrons. The fourth-order valence-electron chi connectivity index (χ4n) is 2.29. The highest BCUT2D eigenvalue weighted by Gasteiger charge is 2.16. The standard InChI is InChI=1S/C14H21N3O2/c1-19-14-9-12(4-7-16-14)10-17-13(18)8-11-2-5-15-6-3-11/h4,7,9,11,15H,2-3,5-6,8,10H2,1H3,(H,17,18). The quantitative estimate of drug-likeness (QED) is 0.835. The zero-order valence-electron chi connectivity index (χ0n) is 11.3. The van der Waals surface area contributed by atoms with Crippen LogP contribution in [0.15, 0.2) is 18.3 Å². The molecule has 1 amide bonds. The molecule has 2 rings (SSSR count). The van der Waals surface area contributed by atoms with E-state index in [1.807, 2.05) is 12.1 Å². The van der Waals surface area contributed by atoms with Gasteiger partial charge >= 0.3 is 0 Å². The van der Waals surface area contributed by atoms with Gasteiger partial charge in [0.25, 0.3) is 0 Å². The van der Waals surface area contributed by atoms with Crippen LogP contribution in [0.1, 0.15) is 24.8 Å². The summed E-state index contributed by atoms with van der Waals surface area (Å²) in [5, 5.41) is 6.26. The number of carbonyl (C=O) groups is 1. The summed E-state index contributed by atoms with van der Waals surface area (Å²) in [4.78, 5) is 15.9. The van der Waals surface area contributed by atoms with E-state index in [1.54, 1.807) is 13.3 Å². The van der Waals surface area contributed by atoms with Gasteiger partial charge in [0.1, 0.15) is 0 Å². The van der Waals surface area contributed by atoms with Crippen LogP contribution < -0.4 is 15.4 Å². The van der Waals surface area contributed by atoms with Gasteiger partial charge in [0, 0.05) is 25.2 Å². The fraction of sp³-hybridized carbons (Fsp3) is 0.571. The molecule has 1 aromatic rings. The zero-order valence-corrected chi connectivity index (χ0v) is 11.3. The van der Waals surface area contributed by atoms with Crippen molar-refractivity contribution in [3.8, 4) is 5.88 Å². The number of methoxy groups -OCH3 is 1. The number of piperidine rings is 1.